The van der Waals surface area contributed by atoms with Crippen LogP contribution in [0, 0.1) is 6.92 Å². The van der Waals surface area contributed by atoms with Gasteiger partial charge in [-0.05, 0) is 31.2 Å². The molecule has 0 radical (unpaired) electrons. The maximum atomic E-state index is 6.05. The van der Waals surface area contributed by atoms with Crippen LogP contribution in [0.2, 0.25) is 5.02 Å². The van der Waals surface area contributed by atoms with E-state index in [2.05, 4.69) is 6.92 Å². The molecule has 0 amide bonds. The average molecular weight is 301 g/mol. The number of aryl methyl sites for hydroxylation is 1. The van der Waals surface area contributed by atoms with Gasteiger partial charge in [-0.25, -0.2) is 4.98 Å². The van der Waals surface area contributed by atoms with Crippen LogP contribution < -0.4 is 5.73 Å². The Morgan fingerprint density at radius 2 is 1.80 bits per heavy atom. The minimum absolute atomic E-state index is 0.723. The molecular formula is C16H13ClN2S. The van der Waals surface area contributed by atoms with Gasteiger partial charge < -0.3 is 5.73 Å². The average Bonchev–Trinajstić information content (AvgIpc) is 2.81. The molecule has 0 atom stereocenters. The van der Waals surface area contributed by atoms with E-state index in [9.17, 15) is 0 Å². The molecule has 0 fully saturated rings. The van der Waals surface area contributed by atoms with Crippen molar-refractivity contribution in [1.82, 2.24) is 4.98 Å². The van der Waals surface area contributed by atoms with E-state index in [1.807, 2.05) is 48.5 Å². The van der Waals surface area contributed by atoms with Gasteiger partial charge >= 0.3 is 0 Å². The molecule has 0 aliphatic rings. The van der Waals surface area contributed by atoms with Crippen LogP contribution >= 0.6 is 22.9 Å². The zero-order chi connectivity index (χ0) is 14.1. The lowest BCUT2D eigenvalue weighted by atomic mass is 10.1. The van der Waals surface area contributed by atoms with Crippen molar-refractivity contribution in [1.29, 1.82) is 0 Å². The third-order valence-corrected chi connectivity index (χ3v) is 4.28. The minimum Gasteiger partial charge on any atom is -0.399 e. The molecule has 0 aliphatic heterocycles. The van der Waals surface area contributed by atoms with Crippen LogP contribution in [0.1, 0.15) is 4.88 Å². The van der Waals surface area contributed by atoms with Gasteiger partial charge in [0.1, 0.15) is 5.01 Å². The normalized spacial score (nSPS) is 10.7. The van der Waals surface area contributed by atoms with E-state index >= 15 is 0 Å². The molecule has 0 saturated heterocycles. The van der Waals surface area contributed by atoms with Crippen LogP contribution in [0.3, 0.4) is 0 Å². The molecule has 2 aromatic carbocycles. The molecular weight excluding hydrogens is 288 g/mol. The van der Waals surface area contributed by atoms with Crippen molar-refractivity contribution in [2.24, 2.45) is 0 Å². The lowest BCUT2D eigenvalue weighted by Crippen LogP contribution is -1.85. The molecule has 0 spiro atoms. The monoisotopic (exact) mass is 300 g/mol. The Kier molecular flexibility index (Phi) is 3.47. The Hall–Kier alpha value is -1.84. The number of thiazole rings is 1. The van der Waals surface area contributed by atoms with Crippen molar-refractivity contribution in [3.63, 3.8) is 0 Å². The predicted octanol–water partition coefficient (Wildman–Crippen LogP) is 5.02. The summed E-state index contributed by atoms with van der Waals surface area (Å²) < 4.78 is 0. The Balaban J connectivity index is 2.08. The van der Waals surface area contributed by atoms with E-state index in [-0.39, 0.29) is 0 Å². The van der Waals surface area contributed by atoms with Crippen LogP contribution in [0.15, 0.2) is 48.5 Å². The molecule has 0 bridgehead atoms. The highest BCUT2D eigenvalue weighted by Gasteiger charge is 2.11. The number of aromatic nitrogens is 1. The number of anilines is 1. The van der Waals surface area contributed by atoms with E-state index in [1.165, 1.54) is 4.88 Å². The van der Waals surface area contributed by atoms with Crippen LogP contribution in [0.25, 0.3) is 21.8 Å². The van der Waals surface area contributed by atoms with E-state index in [4.69, 9.17) is 22.3 Å². The molecule has 3 aromatic rings. The molecule has 2 N–H and O–H groups in total. The van der Waals surface area contributed by atoms with Gasteiger partial charge in [0.25, 0.3) is 0 Å². The van der Waals surface area contributed by atoms with Gasteiger partial charge in [0.05, 0.1) is 5.69 Å². The summed E-state index contributed by atoms with van der Waals surface area (Å²) in [5.74, 6) is 0. The van der Waals surface area contributed by atoms with Gasteiger partial charge in [-0.3, -0.25) is 0 Å². The zero-order valence-electron chi connectivity index (χ0n) is 10.9. The summed E-state index contributed by atoms with van der Waals surface area (Å²) in [5, 5.41) is 1.70. The molecule has 4 heteroatoms. The Morgan fingerprint density at radius 3 is 2.55 bits per heavy atom. The molecule has 3 rings (SSSR count). The molecule has 2 nitrogen and oxygen atoms in total. The summed E-state index contributed by atoms with van der Waals surface area (Å²) in [6, 6.07) is 15.6. The Morgan fingerprint density at radius 1 is 1.05 bits per heavy atom. The van der Waals surface area contributed by atoms with Crippen LogP contribution in [0.4, 0.5) is 5.69 Å². The third-order valence-electron chi connectivity index (χ3n) is 3.03. The zero-order valence-corrected chi connectivity index (χ0v) is 12.5. The molecule has 20 heavy (non-hydrogen) atoms. The van der Waals surface area contributed by atoms with Crippen molar-refractivity contribution in [3.05, 3.63) is 58.4 Å². The van der Waals surface area contributed by atoms with E-state index < -0.39 is 0 Å². The van der Waals surface area contributed by atoms with Gasteiger partial charge in [-0.15, -0.1) is 11.3 Å². The van der Waals surface area contributed by atoms with Gasteiger partial charge in [0, 0.05) is 26.7 Å². The molecule has 1 aromatic heterocycles. The summed E-state index contributed by atoms with van der Waals surface area (Å²) >= 11 is 7.72. The smallest absolute Gasteiger partial charge is 0.124 e. The van der Waals surface area contributed by atoms with Crippen LogP contribution in [0.5, 0.6) is 0 Å². The first kappa shape index (κ1) is 13.2. The second-order valence-electron chi connectivity index (χ2n) is 4.56. The van der Waals surface area contributed by atoms with Crippen molar-refractivity contribution >= 4 is 28.6 Å². The number of benzene rings is 2. The standard InChI is InChI=1S/C16H13ClN2S/c1-10-15(11-4-2-6-13(17)8-11)19-16(20-10)12-5-3-7-14(18)9-12/h2-9H,18H2,1H3. The summed E-state index contributed by atoms with van der Waals surface area (Å²) in [6.45, 7) is 2.07. The number of rotatable bonds is 2. The SMILES string of the molecule is Cc1sc(-c2cccc(N)c2)nc1-c1cccc(Cl)c1. The molecule has 100 valence electrons. The second kappa shape index (κ2) is 5.27. The van der Waals surface area contributed by atoms with Crippen LogP contribution in [-0.4, -0.2) is 4.98 Å². The van der Waals surface area contributed by atoms with Crippen molar-refractivity contribution in [3.8, 4) is 21.8 Å². The van der Waals surface area contributed by atoms with Gasteiger partial charge in [0.2, 0.25) is 0 Å². The fourth-order valence-corrected chi connectivity index (χ4v) is 3.22. The minimum atomic E-state index is 0.723. The first-order valence-corrected chi connectivity index (χ1v) is 7.42. The first-order valence-electron chi connectivity index (χ1n) is 6.23. The maximum Gasteiger partial charge on any atom is 0.124 e. The Labute approximate surface area is 126 Å². The number of hydrogen-bond acceptors (Lipinski definition) is 3. The quantitative estimate of drug-likeness (QED) is 0.675. The number of hydrogen-bond donors (Lipinski definition) is 1. The van der Waals surface area contributed by atoms with Crippen molar-refractivity contribution in [2.75, 3.05) is 5.73 Å². The van der Waals surface area contributed by atoms with E-state index in [0.717, 1.165) is 32.5 Å². The summed E-state index contributed by atoms with van der Waals surface area (Å²) in [4.78, 5) is 5.91. The summed E-state index contributed by atoms with van der Waals surface area (Å²) in [6.07, 6.45) is 0. The van der Waals surface area contributed by atoms with Crippen LogP contribution in [-0.2, 0) is 0 Å². The first-order chi connectivity index (χ1) is 9.63. The maximum absolute atomic E-state index is 6.05. The number of nitrogens with zero attached hydrogens (tertiary/aromatic N) is 1. The highest BCUT2D eigenvalue weighted by molar-refractivity contribution is 7.15. The summed E-state index contributed by atoms with van der Waals surface area (Å²) in [5.41, 5.74) is 9.65. The van der Waals surface area contributed by atoms with Crippen molar-refractivity contribution in [2.45, 2.75) is 6.92 Å². The number of nitrogen functional groups attached to an aromatic ring is 1. The molecule has 1 heterocycles. The van der Waals surface area contributed by atoms with Crippen molar-refractivity contribution < 1.29 is 0 Å². The molecule has 0 unspecified atom stereocenters. The van der Waals surface area contributed by atoms with E-state index in [1.54, 1.807) is 11.3 Å². The Bertz CT molecular complexity index is 765. The number of halogens is 1. The van der Waals surface area contributed by atoms with Gasteiger partial charge in [-0.1, -0.05) is 35.9 Å². The summed E-state index contributed by atoms with van der Waals surface area (Å²) in [7, 11) is 0. The van der Waals surface area contributed by atoms with Gasteiger partial charge in [0.15, 0.2) is 0 Å². The fourth-order valence-electron chi connectivity index (χ4n) is 2.10. The molecule has 0 saturated carbocycles. The van der Waals surface area contributed by atoms with E-state index in [0.29, 0.717) is 0 Å². The second-order valence-corrected chi connectivity index (χ2v) is 6.20. The molecule has 0 aliphatic carbocycles. The lowest BCUT2D eigenvalue weighted by Gasteiger charge is -1.99. The lowest BCUT2D eigenvalue weighted by molar-refractivity contribution is 1.37. The van der Waals surface area contributed by atoms with Gasteiger partial charge in [-0.2, -0.15) is 0 Å². The topological polar surface area (TPSA) is 38.9 Å². The number of nitrogens with two attached hydrogens (primary N) is 1. The predicted molar refractivity (Wildman–Crippen MR) is 87.1 cm³/mol. The highest BCUT2D eigenvalue weighted by atomic mass is 35.5. The highest BCUT2D eigenvalue weighted by Crippen LogP contribution is 2.34. The third kappa shape index (κ3) is 2.55. The fraction of sp³-hybridized carbons (Fsp3) is 0.0625. The largest absolute Gasteiger partial charge is 0.399 e.